The van der Waals surface area contributed by atoms with Crippen LogP contribution in [-0.2, 0) is 7.05 Å². The van der Waals surface area contributed by atoms with Gasteiger partial charge in [-0.05, 0) is 108 Å². The Kier molecular flexibility index (Phi) is 7.29. The standard InChI is InChI=1S/C33H40FN7O2/c1-19-16-26(30(34)31(36-19)27-18-35-39(3)20(27)2)32(43)38-33-37-28-17-22(21-12-14-40(15-13-21)23-5-6-23)4-11-29(28)41(33)24-7-9-25(42)10-8-24/h4,11,16-18,21,23-25,42H,5-10,12-15H2,1-3H3,(H,37,38,43). The number of imidazole rings is 1. The van der Waals surface area contributed by atoms with Crippen LogP contribution in [0.2, 0.25) is 0 Å². The van der Waals surface area contributed by atoms with Crippen LogP contribution in [0.4, 0.5) is 10.3 Å². The lowest BCUT2D eigenvalue weighted by molar-refractivity contribution is 0.101. The number of nitrogens with zero attached hydrogens (tertiary/aromatic N) is 6. The number of carbonyl (C=O) groups is 1. The summed E-state index contributed by atoms with van der Waals surface area (Å²) in [6.07, 6.45) is 9.20. The van der Waals surface area contributed by atoms with Crippen LogP contribution in [0.3, 0.4) is 0 Å². The molecule has 2 saturated carbocycles. The van der Waals surface area contributed by atoms with Gasteiger partial charge in [0.2, 0.25) is 5.95 Å². The molecule has 4 aromatic rings. The molecule has 0 radical (unpaired) electrons. The SMILES string of the molecule is Cc1cc(C(=O)Nc2nc3cc(C4CCN(C5CC5)CC4)ccc3n2C2CCC(O)CC2)c(F)c(-c2cnn(C)c2C)n1. The van der Waals surface area contributed by atoms with Crippen LogP contribution in [0.1, 0.15) is 90.6 Å². The number of anilines is 1. The van der Waals surface area contributed by atoms with Crippen molar-refractivity contribution in [2.24, 2.45) is 7.05 Å². The Labute approximate surface area is 251 Å². The van der Waals surface area contributed by atoms with Crippen molar-refractivity contribution >= 4 is 22.9 Å². The predicted molar refractivity (Wildman–Crippen MR) is 164 cm³/mol. The number of hydrogen-bond donors (Lipinski definition) is 2. The highest BCUT2D eigenvalue weighted by atomic mass is 19.1. The Morgan fingerprint density at radius 3 is 2.37 bits per heavy atom. The molecule has 3 aliphatic rings. The lowest BCUT2D eigenvalue weighted by Crippen LogP contribution is -2.34. The lowest BCUT2D eigenvalue weighted by atomic mass is 9.89. The van der Waals surface area contributed by atoms with Crippen molar-refractivity contribution in [2.75, 3.05) is 18.4 Å². The number of pyridine rings is 1. The minimum Gasteiger partial charge on any atom is -0.393 e. The third kappa shape index (κ3) is 5.35. The Morgan fingerprint density at radius 2 is 1.70 bits per heavy atom. The minimum atomic E-state index is -0.678. The highest BCUT2D eigenvalue weighted by Gasteiger charge is 2.33. The first-order valence-corrected chi connectivity index (χ1v) is 15.7. The summed E-state index contributed by atoms with van der Waals surface area (Å²) in [5.41, 5.74) is 4.97. The van der Waals surface area contributed by atoms with E-state index in [9.17, 15) is 9.90 Å². The largest absolute Gasteiger partial charge is 0.393 e. The summed E-state index contributed by atoms with van der Waals surface area (Å²) in [7, 11) is 1.79. The normalized spacial score (nSPS) is 21.9. The zero-order chi connectivity index (χ0) is 29.8. The highest BCUT2D eigenvalue weighted by Crippen LogP contribution is 2.38. The van der Waals surface area contributed by atoms with E-state index in [-0.39, 0.29) is 23.4 Å². The summed E-state index contributed by atoms with van der Waals surface area (Å²) >= 11 is 0. The minimum absolute atomic E-state index is 0.0773. The number of carbonyl (C=O) groups excluding carboxylic acids is 1. The maximum atomic E-state index is 15.9. The fraction of sp³-hybridized carbons (Fsp3) is 0.515. The first kappa shape index (κ1) is 28.2. The molecule has 9 nitrogen and oxygen atoms in total. The van der Waals surface area contributed by atoms with Crippen molar-refractivity contribution in [1.29, 1.82) is 0 Å². The Balaban J connectivity index is 1.22. The van der Waals surface area contributed by atoms with Crippen molar-refractivity contribution in [3.05, 3.63) is 58.8 Å². The number of amides is 1. The van der Waals surface area contributed by atoms with Gasteiger partial charge in [-0.3, -0.25) is 14.8 Å². The molecule has 3 fully saturated rings. The van der Waals surface area contributed by atoms with Crippen molar-refractivity contribution in [2.45, 2.75) is 89.3 Å². The number of nitrogens with one attached hydrogen (secondary N) is 1. The molecule has 1 aliphatic heterocycles. The van der Waals surface area contributed by atoms with Crippen LogP contribution in [0.25, 0.3) is 22.3 Å². The maximum absolute atomic E-state index is 15.9. The van der Waals surface area contributed by atoms with Gasteiger partial charge in [-0.25, -0.2) is 14.4 Å². The summed E-state index contributed by atoms with van der Waals surface area (Å²) in [5.74, 6) is -0.334. The van der Waals surface area contributed by atoms with Gasteiger partial charge in [0.05, 0.1) is 28.9 Å². The van der Waals surface area contributed by atoms with Crippen molar-refractivity contribution < 1.29 is 14.3 Å². The van der Waals surface area contributed by atoms with E-state index in [0.717, 1.165) is 61.5 Å². The van der Waals surface area contributed by atoms with E-state index in [0.29, 0.717) is 36.0 Å². The van der Waals surface area contributed by atoms with Crippen LogP contribution in [-0.4, -0.2) is 65.5 Å². The van der Waals surface area contributed by atoms with Gasteiger partial charge in [-0.1, -0.05) is 6.07 Å². The number of hydrogen-bond acceptors (Lipinski definition) is 6. The summed E-state index contributed by atoms with van der Waals surface area (Å²) in [6.45, 7) is 5.89. The molecular formula is C33H40FN7O2. The predicted octanol–water partition coefficient (Wildman–Crippen LogP) is 5.66. The zero-order valence-electron chi connectivity index (χ0n) is 25.2. The van der Waals surface area contributed by atoms with Gasteiger partial charge >= 0.3 is 0 Å². The molecule has 2 N–H and O–H groups in total. The fourth-order valence-corrected chi connectivity index (χ4v) is 7.08. The molecule has 1 saturated heterocycles. The lowest BCUT2D eigenvalue weighted by Gasteiger charge is -2.32. The molecular weight excluding hydrogens is 545 g/mol. The molecule has 1 aromatic carbocycles. The topological polar surface area (TPSA) is 101 Å². The van der Waals surface area contributed by atoms with E-state index in [1.807, 2.05) is 6.92 Å². The summed E-state index contributed by atoms with van der Waals surface area (Å²) in [6, 6.07) is 8.89. The molecule has 1 amide bonds. The van der Waals surface area contributed by atoms with E-state index in [4.69, 9.17) is 4.98 Å². The average molecular weight is 586 g/mol. The zero-order valence-corrected chi connectivity index (χ0v) is 25.2. The molecule has 10 heteroatoms. The third-order valence-corrected chi connectivity index (χ3v) is 9.86. The number of aliphatic hydroxyl groups excluding tert-OH is 1. The number of likely N-dealkylation sites (tertiary alicyclic amines) is 1. The molecule has 7 rings (SSSR count). The highest BCUT2D eigenvalue weighted by molar-refractivity contribution is 6.05. The van der Waals surface area contributed by atoms with Gasteiger partial charge in [0.25, 0.3) is 5.91 Å². The first-order valence-electron chi connectivity index (χ1n) is 15.7. The van der Waals surface area contributed by atoms with Crippen molar-refractivity contribution in [3.8, 4) is 11.3 Å². The van der Waals surface area contributed by atoms with Crippen LogP contribution in [0.5, 0.6) is 0 Å². The number of aromatic nitrogens is 5. The number of aliphatic hydroxyl groups is 1. The Bertz CT molecular complexity index is 1670. The second-order valence-electron chi connectivity index (χ2n) is 12.8. The number of aryl methyl sites for hydroxylation is 2. The average Bonchev–Trinajstić information content (AvgIpc) is 3.72. The third-order valence-electron chi connectivity index (χ3n) is 9.86. The fourth-order valence-electron chi connectivity index (χ4n) is 7.08. The monoisotopic (exact) mass is 585 g/mol. The number of fused-ring (bicyclic) bond motifs is 1. The van der Waals surface area contributed by atoms with E-state index >= 15 is 4.39 Å². The van der Waals surface area contributed by atoms with Gasteiger partial charge < -0.3 is 14.6 Å². The van der Waals surface area contributed by atoms with Crippen molar-refractivity contribution in [1.82, 2.24) is 29.2 Å². The van der Waals surface area contributed by atoms with E-state index in [1.54, 1.807) is 24.9 Å². The molecule has 226 valence electrons. The van der Waals surface area contributed by atoms with Gasteiger partial charge in [0.15, 0.2) is 5.82 Å². The molecule has 3 aromatic heterocycles. The van der Waals surface area contributed by atoms with Gasteiger partial charge in [0, 0.05) is 36.1 Å². The molecule has 4 heterocycles. The second-order valence-corrected chi connectivity index (χ2v) is 12.8. The van der Waals surface area contributed by atoms with E-state index in [2.05, 4.69) is 43.1 Å². The summed E-state index contributed by atoms with van der Waals surface area (Å²) in [4.78, 5) is 25.7. The quantitative estimate of drug-likeness (QED) is 0.303. The van der Waals surface area contributed by atoms with Crippen LogP contribution in [0.15, 0.2) is 30.5 Å². The van der Waals surface area contributed by atoms with Crippen molar-refractivity contribution in [3.63, 3.8) is 0 Å². The smallest absolute Gasteiger partial charge is 0.261 e. The van der Waals surface area contributed by atoms with Gasteiger partial charge in [-0.2, -0.15) is 5.10 Å². The number of rotatable bonds is 6. The van der Waals surface area contributed by atoms with E-state index in [1.165, 1.54) is 24.5 Å². The molecule has 0 bridgehead atoms. The Morgan fingerprint density at radius 1 is 0.977 bits per heavy atom. The molecule has 43 heavy (non-hydrogen) atoms. The first-order chi connectivity index (χ1) is 20.8. The van der Waals surface area contributed by atoms with Crippen LogP contribution < -0.4 is 5.32 Å². The molecule has 2 aliphatic carbocycles. The van der Waals surface area contributed by atoms with Crippen LogP contribution >= 0.6 is 0 Å². The summed E-state index contributed by atoms with van der Waals surface area (Å²) in [5, 5.41) is 17.4. The Hall–Kier alpha value is -3.63. The maximum Gasteiger partial charge on any atom is 0.261 e. The summed E-state index contributed by atoms with van der Waals surface area (Å²) < 4.78 is 19.7. The molecule has 0 atom stereocenters. The number of halogens is 1. The number of benzene rings is 1. The van der Waals surface area contributed by atoms with Gasteiger partial charge in [0.1, 0.15) is 5.69 Å². The molecule has 0 spiro atoms. The molecule has 0 unspecified atom stereocenters. The number of piperidine rings is 1. The van der Waals surface area contributed by atoms with E-state index < -0.39 is 11.7 Å². The van der Waals surface area contributed by atoms with Crippen LogP contribution in [0, 0.1) is 19.7 Å². The second kappa shape index (κ2) is 11.1. The van der Waals surface area contributed by atoms with Gasteiger partial charge in [-0.15, -0.1) is 0 Å².